The summed E-state index contributed by atoms with van der Waals surface area (Å²) in [6.07, 6.45) is -4.11. The Hall–Kier alpha value is -1.90. The second-order valence-corrected chi connectivity index (χ2v) is 5.14. The van der Waals surface area contributed by atoms with Crippen molar-refractivity contribution in [3.05, 3.63) is 28.1 Å². The highest BCUT2D eigenvalue weighted by Gasteiger charge is 2.35. The molecule has 0 aliphatic heterocycles. The topological polar surface area (TPSA) is 79.5 Å². The van der Waals surface area contributed by atoms with Gasteiger partial charge in [-0.1, -0.05) is 0 Å². The van der Waals surface area contributed by atoms with Crippen LogP contribution < -0.4 is 4.90 Å². The first kappa shape index (κ1) is 17.2. The zero-order valence-electron chi connectivity index (χ0n) is 11.8. The van der Waals surface area contributed by atoms with Gasteiger partial charge in [0.2, 0.25) is 0 Å². The van der Waals surface area contributed by atoms with Crippen molar-refractivity contribution < 1.29 is 23.2 Å². The van der Waals surface area contributed by atoms with Crippen molar-refractivity contribution in [3.8, 4) is 0 Å². The van der Waals surface area contributed by atoms with Crippen LogP contribution in [-0.2, 0) is 6.18 Å². The first-order valence-electron chi connectivity index (χ1n) is 6.14. The number of pyridine rings is 1. The van der Waals surface area contributed by atoms with Crippen LogP contribution in [0.1, 0.15) is 26.5 Å². The molecule has 0 bridgehead atoms. The van der Waals surface area contributed by atoms with Crippen LogP contribution >= 0.6 is 0 Å². The number of nitrogens with zero attached hydrogens (tertiary/aromatic N) is 3. The molecule has 0 unspecified atom stereocenters. The van der Waals surface area contributed by atoms with Crippen LogP contribution in [0.2, 0.25) is 0 Å². The number of halogens is 3. The molecule has 0 aromatic carbocycles. The number of rotatable bonds is 5. The number of anilines is 1. The maximum absolute atomic E-state index is 12.7. The van der Waals surface area contributed by atoms with E-state index in [4.69, 9.17) is 0 Å². The average Bonchev–Trinajstić information content (AvgIpc) is 2.33. The van der Waals surface area contributed by atoms with E-state index >= 15 is 0 Å². The first-order chi connectivity index (χ1) is 9.45. The van der Waals surface area contributed by atoms with E-state index in [1.807, 2.05) is 0 Å². The van der Waals surface area contributed by atoms with Crippen LogP contribution in [0.5, 0.6) is 0 Å². The molecule has 0 aliphatic rings. The zero-order chi connectivity index (χ0) is 16.4. The molecule has 118 valence electrons. The molecule has 6 nitrogen and oxygen atoms in total. The summed E-state index contributed by atoms with van der Waals surface area (Å²) in [4.78, 5) is 14.6. The van der Waals surface area contributed by atoms with E-state index in [-0.39, 0.29) is 18.8 Å². The predicted molar refractivity (Wildman–Crippen MR) is 70.1 cm³/mol. The van der Waals surface area contributed by atoms with E-state index in [0.717, 1.165) is 0 Å². The molecule has 1 aromatic rings. The molecule has 0 aliphatic carbocycles. The minimum Gasteiger partial charge on any atom is -0.389 e. The Morgan fingerprint density at radius 1 is 1.43 bits per heavy atom. The van der Waals surface area contributed by atoms with Gasteiger partial charge in [0.1, 0.15) is 17.6 Å². The molecule has 0 saturated heterocycles. The van der Waals surface area contributed by atoms with Gasteiger partial charge >= 0.3 is 11.9 Å². The Labute approximate surface area is 119 Å². The van der Waals surface area contributed by atoms with Crippen molar-refractivity contribution in [2.24, 2.45) is 0 Å². The lowest BCUT2D eigenvalue weighted by Gasteiger charge is -2.29. The molecular weight excluding hydrogens is 291 g/mol. The third-order valence-electron chi connectivity index (χ3n) is 2.65. The fourth-order valence-electron chi connectivity index (χ4n) is 1.82. The van der Waals surface area contributed by atoms with Gasteiger partial charge in [-0.3, -0.25) is 10.1 Å². The van der Waals surface area contributed by atoms with E-state index in [0.29, 0.717) is 12.3 Å². The highest BCUT2D eigenvalue weighted by Crippen LogP contribution is 2.35. The van der Waals surface area contributed by atoms with Crippen molar-refractivity contribution >= 4 is 11.4 Å². The summed E-state index contributed by atoms with van der Waals surface area (Å²) in [6.45, 7) is 4.71. The SMILES string of the molecule is CCN(CC(C)(C)O)c1cc(C(F)(F)F)ncc1[N+](=O)[O-]. The number of hydrogen-bond donors (Lipinski definition) is 1. The molecule has 0 fully saturated rings. The van der Waals surface area contributed by atoms with Crippen LogP contribution in [-0.4, -0.2) is 33.7 Å². The molecule has 0 spiro atoms. The van der Waals surface area contributed by atoms with Crippen molar-refractivity contribution in [2.45, 2.75) is 32.5 Å². The minimum atomic E-state index is -4.70. The summed E-state index contributed by atoms with van der Waals surface area (Å²) in [7, 11) is 0. The molecule has 0 amide bonds. The Morgan fingerprint density at radius 3 is 2.38 bits per heavy atom. The molecule has 1 aromatic heterocycles. The molecular formula is C12H16F3N3O3. The largest absolute Gasteiger partial charge is 0.433 e. The van der Waals surface area contributed by atoms with Gasteiger partial charge in [-0.05, 0) is 26.8 Å². The maximum atomic E-state index is 12.7. The quantitative estimate of drug-likeness (QED) is 0.668. The molecule has 1 rings (SSSR count). The molecule has 9 heteroatoms. The summed E-state index contributed by atoms with van der Waals surface area (Å²) in [5.74, 6) is 0. The Balaban J connectivity index is 3.37. The van der Waals surface area contributed by atoms with Crippen molar-refractivity contribution in [1.82, 2.24) is 4.98 Å². The lowest BCUT2D eigenvalue weighted by Crippen LogP contribution is -2.39. The normalized spacial score (nSPS) is 12.3. The molecule has 0 saturated carbocycles. The van der Waals surface area contributed by atoms with Gasteiger partial charge in [0, 0.05) is 13.1 Å². The second kappa shape index (κ2) is 5.84. The van der Waals surface area contributed by atoms with E-state index < -0.39 is 28.1 Å². The summed E-state index contributed by atoms with van der Waals surface area (Å²) in [5, 5.41) is 20.8. The summed E-state index contributed by atoms with van der Waals surface area (Å²) < 4.78 is 38.1. The molecule has 0 atom stereocenters. The number of aliphatic hydroxyl groups is 1. The van der Waals surface area contributed by atoms with Gasteiger partial charge in [0.05, 0.1) is 10.5 Å². The van der Waals surface area contributed by atoms with Gasteiger partial charge in [0.25, 0.3) is 0 Å². The fraction of sp³-hybridized carbons (Fsp3) is 0.583. The highest BCUT2D eigenvalue weighted by molar-refractivity contribution is 5.63. The number of alkyl halides is 3. The third kappa shape index (κ3) is 4.55. The van der Waals surface area contributed by atoms with Gasteiger partial charge in [-0.25, -0.2) is 4.98 Å². The fourth-order valence-corrected chi connectivity index (χ4v) is 1.82. The number of hydrogen-bond acceptors (Lipinski definition) is 5. The van der Waals surface area contributed by atoms with E-state index in [1.54, 1.807) is 6.92 Å². The van der Waals surface area contributed by atoms with Crippen LogP contribution in [0.25, 0.3) is 0 Å². The maximum Gasteiger partial charge on any atom is 0.433 e. The smallest absolute Gasteiger partial charge is 0.389 e. The molecule has 21 heavy (non-hydrogen) atoms. The Kier molecular flexibility index (Phi) is 4.77. The van der Waals surface area contributed by atoms with Crippen molar-refractivity contribution in [3.63, 3.8) is 0 Å². The Bertz CT molecular complexity index is 527. The Morgan fingerprint density at radius 2 is 2.00 bits per heavy atom. The van der Waals surface area contributed by atoms with Gasteiger partial charge in [0.15, 0.2) is 0 Å². The van der Waals surface area contributed by atoms with Crippen LogP contribution in [0, 0.1) is 10.1 Å². The minimum absolute atomic E-state index is 0.0499. The summed E-state index contributed by atoms with van der Waals surface area (Å²) in [5.41, 5.74) is -3.18. The molecule has 1 heterocycles. The lowest BCUT2D eigenvalue weighted by molar-refractivity contribution is -0.384. The van der Waals surface area contributed by atoms with E-state index in [1.165, 1.54) is 18.7 Å². The third-order valence-corrected chi connectivity index (χ3v) is 2.65. The van der Waals surface area contributed by atoms with Gasteiger partial charge in [-0.2, -0.15) is 13.2 Å². The van der Waals surface area contributed by atoms with Crippen LogP contribution in [0.3, 0.4) is 0 Å². The first-order valence-corrected chi connectivity index (χ1v) is 6.14. The molecule has 0 radical (unpaired) electrons. The molecule has 1 N–H and O–H groups in total. The second-order valence-electron chi connectivity index (χ2n) is 5.14. The van der Waals surface area contributed by atoms with Gasteiger partial charge in [-0.15, -0.1) is 0 Å². The van der Waals surface area contributed by atoms with E-state index in [2.05, 4.69) is 4.98 Å². The van der Waals surface area contributed by atoms with E-state index in [9.17, 15) is 28.4 Å². The number of likely N-dealkylation sites (N-methyl/N-ethyl adjacent to an activating group) is 1. The summed E-state index contributed by atoms with van der Waals surface area (Å²) >= 11 is 0. The highest BCUT2D eigenvalue weighted by atomic mass is 19.4. The zero-order valence-corrected chi connectivity index (χ0v) is 11.8. The van der Waals surface area contributed by atoms with Crippen molar-refractivity contribution in [1.29, 1.82) is 0 Å². The lowest BCUT2D eigenvalue weighted by atomic mass is 10.1. The van der Waals surface area contributed by atoms with Crippen LogP contribution in [0.4, 0.5) is 24.5 Å². The van der Waals surface area contributed by atoms with Gasteiger partial charge < -0.3 is 10.0 Å². The van der Waals surface area contributed by atoms with Crippen molar-refractivity contribution in [2.75, 3.05) is 18.0 Å². The number of aromatic nitrogens is 1. The monoisotopic (exact) mass is 307 g/mol. The predicted octanol–water partition coefficient (Wildman–Crippen LogP) is 2.61. The standard InChI is InChI=1S/C12H16F3N3O3/c1-4-17(7-11(2,3)19)8-5-10(12(13,14)15)16-6-9(8)18(20)21/h5-6,19H,4,7H2,1-3H3. The average molecular weight is 307 g/mol. The number of nitro groups is 1. The summed E-state index contributed by atoms with van der Waals surface area (Å²) in [6, 6.07) is 0.632. The van der Waals surface area contributed by atoms with Crippen LogP contribution in [0.15, 0.2) is 12.3 Å².